The first-order valence-electron chi connectivity index (χ1n) is 4.23. The molecule has 2 nitrogen and oxygen atoms in total. The van der Waals surface area contributed by atoms with Crippen molar-refractivity contribution in [2.75, 3.05) is 0 Å². The number of aromatic nitrogens is 2. The SMILES string of the molecule is Cn1ccnc1.[Li][CH2]CCC. The fourth-order valence-electron chi connectivity index (χ4n) is 0.679. The molecule has 0 aliphatic carbocycles. The Morgan fingerprint density at radius 3 is 2.36 bits per heavy atom. The fraction of sp³-hybridized carbons (Fsp3) is 0.625. The number of aryl methyl sites for hydroxylation is 1. The number of rotatable bonds is 2. The predicted molar refractivity (Wildman–Crippen MR) is 48.7 cm³/mol. The van der Waals surface area contributed by atoms with E-state index in [1.54, 1.807) is 12.5 Å². The van der Waals surface area contributed by atoms with Crippen LogP contribution in [0.1, 0.15) is 19.8 Å². The minimum atomic E-state index is 1.34. The Bertz CT molecular complexity index is 147. The molecule has 0 aliphatic rings. The molecule has 0 saturated carbocycles. The standard InChI is InChI=1S/C4H6N2.C4H9.Li/c1-6-3-2-5-4-6;1-3-4-2;/h2-4H,1H3;1,3-4H2,2H3;. The van der Waals surface area contributed by atoms with Crippen molar-refractivity contribution in [3.8, 4) is 0 Å². The predicted octanol–water partition coefficient (Wildman–Crippen LogP) is 1.79. The van der Waals surface area contributed by atoms with Gasteiger partial charge in [0.1, 0.15) is 0 Å². The van der Waals surface area contributed by atoms with E-state index in [2.05, 4.69) is 29.6 Å². The maximum absolute atomic E-state index is 3.78. The van der Waals surface area contributed by atoms with Crippen molar-refractivity contribution in [2.24, 2.45) is 7.05 Å². The molecule has 0 spiro atoms. The van der Waals surface area contributed by atoms with Gasteiger partial charge in [-0.15, -0.1) is 0 Å². The van der Waals surface area contributed by atoms with Crippen LogP contribution in [0, 0.1) is 0 Å². The molecule has 0 unspecified atom stereocenters. The normalized spacial score (nSPS) is 8.73. The van der Waals surface area contributed by atoms with E-state index in [0.29, 0.717) is 0 Å². The van der Waals surface area contributed by atoms with Gasteiger partial charge >= 0.3 is 42.6 Å². The summed E-state index contributed by atoms with van der Waals surface area (Å²) < 4.78 is 1.89. The Labute approximate surface area is 78.2 Å². The molecule has 0 bridgehead atoms. The zero-order chi connectivity index (χ0) is 8.53. The average molecular weight is 146 g/mol. The van der Waals surface area contributed by atoms with Crippen LogP contribution in [0.15, 0.2) is 18.7 Å². The third-order valence-corrected chi connectivity index (χ3v) is 1.34. The Morgan fingerprint density at radius 1 is 1.55 bits per heavy atom. The molecule has 0 amide bonds. The van der Waals surface area contributed by atoms with Gasteiger partial charge in [0.2, 0.25) is 0 Å². The summed E-state index contributed by atoms with van der Waals surface area (Å²) in [7, 11) is 1.94. The van der Waals surface area contributed by atoms with Crippen LogP contribution < -0.4 is 0 Å². The number of imidazole rings is 1. The third kappa shape index (κ3) is 7.71. The van der Waals surface area contributed by atoms with E-state index in [9.17, 15) is 0 Å². The van der Waals surface area contributed by atoms with Crippen molar-refractivity contribution >= 4 is 17.7 Å². The van der Waals surface area contributed by atoms with Crippen molar-refractivity contribution in [3.05, 3.63) is 18.7 Å². The summed E-state index contributed by atoms with van der Waals surface area (Å²) in [5, 5.41) is 1.34. The van der Waals surface area contributed by atoms with E-state index in [1.165, 1.54) is 17.9 Å². The van der Waals surface area contributed by atoms with Gasteiger partial charge < -0.3 is 4.57 Å². The second-order valence-corrected chi connectivity index (χ2v) is 2.58. The van der Waals surface area contributed by atoms with Gasteiger partial charge in [-0.2, -0.15) is 0 Å². The zero-order valence-electron chi connectivity index (χ0n) is 7.75. The van der Waals surface area contributed by atoms with Gasteiger partial charge in [-0.1, -0.05) is 0 Å². The molecule has 0 N–H and O–H groups in total. The van der Waals surface area contributed by atoms with E-state index >= 15 is 0 Å². The Kier molecular flexibility index (Phi) is 7.77. The molecule has 0 radical (unpaired) electrons. The molecular formula is C8H15LiN2. The molecule has 0 saturated heterocycles. The van der Waals surface area contributed by atoms with Crippen LogP contribution in [0.3, 0.4) is 0 Å². The van der Waals surface area contributed by atoms with Crippen LogP contribution in [0.2, 0.25) is 5.09 Å². The number of hydrogen-bond donors (Lipinski definition) is 0. The summed E-state index contributed by atoms with van der Waals surface area (Å²) in [6, 6.07) is 0. The summed E-state index contributed by atoms with van der Waals surface area (Å²) in [6.07, 6.45) is 8.12. The van der Waals surface area contributed by atoms with Crippen molar-refractivity contribution < 1.29 is 0 Å². The molecular weight excluding hydrogens is 131 g/mol. The number of hydrogen-bond acceptors (Lipinski definition) is 1. The summed E-state index contributed by atoms with van der Waals surface area (Å²) >= 11 is 2.21. The van der Waals surface area contributed by atoms with Crippen LogP contribution >= 0.6 is 0 Å². The first-order chi connectivity index (χ1) is 5.31. The van der Waals surface area contributed by atoms with Gasteiger partial charge in [-0.3, -0.25) is 0 Å². The number of nitrogens with zero attached hydrogens (tertiary/aromatic N) is 2. The summed E-state index contributed by atoms with van der Waals surface area (Å²) in [5.41, 5.74) is 0. The molecule has 0 fully saturated rings. The summed E-state index contributed by atoms with van der Waals surface area (Å²) in [5.74, 6) is 0. The monoisotopic (exact) mass is 146 g/mol. The van der Waals surface area contributed by atoms with E-state index in [-0.39, 0.29) is 0 Å². The molecule has 1 aromatic rings. The molecule has 0 aliphatic heterocycles. The molecule has 58 valence electrons. The van der Waals surface area contributed by atoms with Gasteiger partial charge in [0.15, 0.2) is 0 Å². The van der Waals surface area contributed by atoms with Gasteiger partial charge in [-0.25, -0.2) is 4.98 Å². The quantitative estimate of drug-likeness (QED) is 0.581. The molecule has 1 aromatic heterocycles. The van der Waals surface area contributed by atoms with Gasteiger partial charge in [0, 0.05) is 19.4 Å². The summed E-state index contributed by atoms with van der Waals surface area (Å²) in [4.78, 5) is 3.78. The van der Waals surface area contributed by atoms with Crippen LogP contribution in [0.5, 0.6) is 0 Å². The van der Waals surface area contributed by atoms with Crippen LogP contribution in [0.25, 0.3) is 0 Å². The number of unbranched alkanes of at least 4 members (excludes halogenated alkanes) is 1. The maximum atomic E-state index is 3.78. The minimum absolute atomic E-state index is 1.34. The van der Waals surface area contributed by atoms with Crippen molar-refractivity contribution in [3.63, 3.8) is 0 Å². The van der Waals surface area contributed by atoms with Crippen LogP contribution in [-0.2, 0) is 7.05 Å². The summed E-state index contributed by atoms with van der Waals surface area (Å²) in [6.45, 7) is 2.21. The van der Waals surface area contributed by atoms with Crippen molar-refractivity contribution in [1.29, 1.82) is 0 Å². The average Bonchev–Trinajstić information content (AvgIpc) is 2.43. The van der Waals surface area contributed by atoms with Crippen LogP contribution in [-0.4, -0.2) is 27.3 Å². The van der Waals surface area contributed by atoms with Crippen molar-refractivity contribution in [2.45, 2.75) is 24.9 Å². The van der Waals surface area contributed by atoms with Crippen LogP contribution in [0.4, 0.5) is 0 Å². The van der Waals surface area contributed by atoms with Gasteiger partial charge in [0.05, 0.1) is 6.33 Å². The Hall–Kier alpha value is -0.193. The van der Waals surface area contributed by atoms with E-state index in [0.717, 1.165) is 0 Å². The van der Waals surface area contributed by atoms with Gasteiger partial charge in [-0.05, 0) is 0 Å². The van der Waals surface area contributed by atoms with Crippen molar-refractivity contribution in [1.82, 2.24) is 9.55 Å². The first kappa shape index (κ1) is 10.8. The molecule has 0 aromatic carbocycles. The third-order valence-electron chi connectivity index (χ3n) is 1.34. The Balaban J connectivity index is 0.000000187. The fourth-order valence-corrected chi connectivity index (χ4v) is 0.679. The molecule has 3 heteroatoms. The molecule has 1 rings (SSSR count). The molecule has 11 heavy (non-hydrogen) atoms. The second kappa shape index (κ2) is 7.91. The zero-order valence-corrected chi connectivity index (χ0v) is 7.75. The van der Waals surface area contributed by atoms with E-state index in [1.807, 2.05) is 17.8 Å². The molecule has 0 atom stereocenters. The van der Waals surface area contributed by atoms with Gasteiger partial charge in [0.25, 0.3) is 0 Å². The topological polar surface area (TPSA) is 17.8 Å². The molecule has 1 heterocycles. The Morgan fingerprint density at radius 2 is 2.27 bits per heavy atom. The first-order valence-corrected chi connectivity index (χ1v) is 4.23. The van der Waals surface area contributed by atoms with E-state index in [4.69, 9.17) is 0 Å². The van der Waals surface area contributed by atoms with E-state index < -0.39 is 0 Å². The second-order valence-electron chi connectivity index (χ2n) is 2.58.